The van der Waals surface area contributed by atoms with Crippen molar-refractivity contribution in [2.75, 3.05) is 12.3 Å². The van der Waals surface area contributed by atoms with Crippen molar-refractivity contribution in [2.45, 2.75) is 13.3 Å². The second-order valence-electron chi connectivity index (χ2n) is 3.84. The largest absolute Gasteiger partial charge is 0.491 e. The summed E-state index contributed by atoms with van der Waals surface area (Å²) < 4.78 is 7.37. The third-order valence-corrected chi connectivity index (χ3v) is 2.46. The van der Waals surface area contributed by atoms with Gasteiger partial charge in [-0.05, 0) is 19.1 Å². The fourth-order valence-electron chi connectivity index (χ4n) is 1.64. The van der Waals surface area contributed by atoms with Crippen molar-refractivity contribution in [2.24, 2.45) is 7.05 Å². The fourth-order valence-corrected chi connectivity index (χ4v) is 1.64. The van der Waals surface area contributed by atoms with Crippen molar-refractivity contribution >= 4 is 5.69 Å². The number of nitrogen functional groups attached to an aromatic ring is 1. The van der Waals surface area contributed by atoms with Crippen LogP contribution < -0.4 is 10.5 Å². The minimum Gasteiger partial charge on any atom is -0.491 e. The summed E-state index contributed by atoms with van der Waals surface area (Å²) in [5.41, 5.74) is 6.43. The number of rotatable bonds is 4. The Morgan fingerprint density at radius 1 is 1.35 bits per heavy atom. The van der Waals surface area contributed by atoms with Gasteiger partial charge in [0, 0.05) is 13.5 Å². The van der Waals surface area contributed by atoms with Gasteiger partial charge in [-0.25, -0.2) is 4.98 Å². The zero-order valence-electron chi connectivity index (χ0n) is 10.1. The molecule has 0 saturated carbocycles. The first-order chi connectivity index (χ1) is 8.16. The van der Waals surface area contributed by atoms with Gasteiger partial charge in [0.2, 0.25) is 0 Å². The highest BCUT2D eigenvalue weighted by Crippen LogP contribution is 2.19. The lowest BCUT2D eigenvalue weighted by molar-refractivity contribution is 0.318. The molecule has 0 saturated heterocycles. The molecule has 2 N–H and O–H groups in total. The van der Waals surface area contributed by atoms with Gasteiger partial charge in [0.15, 0.2) is 0 Å². The molecule has 0 aliphatic carbocycles. The molecule has 1 aromatic carbocycles. The normalized spacial score (nSPS) is 10.5. The van der Waals surface area contributed by atoms with E-state index in [-0.39, 0.29) is 0 Å². The van der Waals surface area contributed by atoms with Gasteiger partial charge in [0.05, 0.1) is 12.3 Å². The molecule has 1 heterocycles. The summed E-state index contributed by atoms with van der Waals surface area (Å²) in [7, 11) is 1.88. The Balaban J connectivity index is 1.92. The van der Waals surface area contributed by atoms with E-state index in [2.05, 4.69) is 10.1 Å². The quantitative estimate of drug-likeness (QED) is 0.807. The number of aromatic nitrogens is 3. The molecule has 2 rings (SSSR count). The Morgan fingerprint density at radius 3 is 2.76 bits per heavy atom. The van der Waals surface area contributed by atoms with E-state index in [9.17, 15) is 0 Å². The second-order valence-corrected chi connectivity index (χ2v) is 3.84. The summed E-state index contributed by atoms with van der Waals surface area (Å²) in [5.74, 6) is 2.41. The first-order valence-electron chi connectivity index (χ1n) is 5.50. The molecule has 0 aliphatic heterocycles. The minimum absolute atomic E-state index is 0.542. The van der Waals surface area contributed by atoms with Crippen molar-refractivity contribution in [3.05, 3.63) is 35.9 Å². The molecule has 0 amide bonds. The topological polar surface area (TPSA) is 66.0 Å². The van der Waals surface area contributed by atoms with Crippen LogP contribution in [0.25, 0.3) is 0 Å². The average Bonchev–Trinajstić information content (AvgIpc) is 2.60. The maximum atomic E-state index is 5.78. The minimum atomic E-state index is 0.542. The standard InChI is InChI=1S/C12H16N4O/c1-9-14-12(16(2)15-9)7-8-17-11-6-4-3-5-10(11)13/h3-6H,7-8,13H2,1-2H3. The Kier molecular flexibility index (Phi) is 3.27. The molecule has 2 aromatic rings. The highest BCUT2D eigenvalue weighted by molar-refractivity contribution is 5.51. The molecule has 0 fully saturated rings. The first kappa shape index (κ1) is 11.4. The first-order valence-corrected chi connectivity index (χ1v) is 5.50. The molecule has 5 nitrogen and oxygen atoms in total. The van der Waals surface area contributed by atoms with Crippen LogP contribution in [0, 0.1) is 6.92 Å². The van der Waals surface area contributed by atoms with Crippen LogP contribution >= 0.6 is 0 Å². The average molecular weight is 232 g/mol. The van der Waals surface area contributed by atoms with Crippen LogP contribution in [0.3, 0.4) is 0 Å². The second kappa shape index (κ2) is 4.86. The number of aryl methyl sites for hydroxylation is 2. The lowest BCUT2D eigenvalue weighted by atomic mass is 10.3. The number of para-hydroxylation sites is 2. The number of hydrogen-bond acceptors (Lipinski definition) is 4. The van der Waals surface area contributed by atoms with Gasteiger partial charge in [-0.1, -0.05) is 12.1 Å². The van der Waals surface area contributed by atoms with Gasteiger partial charge in [-0.2, -0.15) is 5.10 Å². The molecular weight excluding hydrogens is 216 g/mol. The van der Waals surface area contributed by atoms with Crippen LogP contribution in [0.4, 0.5) is 5.69 Å². The zero-order valence-corrected chi connectivity index (χ0v) is 10.1. The van der Waals surface area contributed by atoms with Crippen molar-refractivity contribution in [1.82, 2.24) is 14.8 Å². The van der Waals surface area contributed by atoms with E-state index in [1.54, 1.807) is 4.68 Å². The Hall–Kier alpha value is -2.04. The lowest BCUT2D eigenvalue weighted by Gasteiger charge is -2.07. The molecular formula is C12H16N4O. The summed E-state index contributed by atoms with van der Waals surface area (Å²) in [4.78, 5) is 4.30. The summed E-state index contributed by atoms with van der Waals surface area (Å²) in [5, 5.41) is 4.18. The van der Waals surface area contributed by atoms with E-state index >= 15 is 0 Å². The van der Waals surface area contributed by atoms with Gasteiger partial charge in [0.1, 0.15) is 17.4 Å². The van der Waals surface area contributed by atoms with Crippen LogP contribution in [-0.2, 0) is 13.5 Å². The molecule has 0 spiro atoms. The predicted octanol–water partition coefficient (Wildman–Crippen LogP) is 1.33. The Bertz CT molecular complexity index is 507. The maximum absolute atomic E-state index is 5.78. The van der Waals surface area contributed by atoms with Crippen LogP contribution in [-0.4, -0.2) is 21.4 Å². The number of anilines is 1. The SMILES string of the molecule is Cc1nc(CCOc2ccccc2N)n(C)n1. The van der Waals surface area contributed by atoms with Crippen molar-refractivity contribution < 1.29 is 4.74 Å². The van der Waals surface area contributed by atoms with Gasteiger partial charge < -0.3 is 10.5 Å². The molecule has 0 aliphatic rings. The van der Waals surface area contributed by atoms with Crippen LogP contribution in [0.5, 0.6) is 5.75 Å². The van der Waals surface area contributed by atoms with E-state index in [1.165, 1.54) is 0 Å². The van der Waals surface area contributed by atoms with E-state index in [1.807, 2.05) is 38.2 Å². The van der Waals surface area contributed by atoms with Crippen molar-refractivity contribution in [3.63, 3.8) is 0 Å². The number of benzene rings is 1. The molecule has 17 heavy (non-hydrogen) atoms. The van der Waals surface area contributed by atoms with Gasteiger partial charge in [-0.3, -0.25) is 4.68 Å². The highest BCUT2D eigenvalue weighted by Gasteiger charge is 2.04. The van der Waals surface area contributed by atoms with Gasteiger partial charge >= 0.3 is 0 Å². The summed E-state index contributed by atoms with van der Waals surface area (Å²) in [6.45, 7) is 2.42. The molecule has 0 atom stereocenters. The zero-order chi connectivity index (χ0) is 12.3. The smallest absolute Gasteiger partial charge is 0.147 e. The third-order valence-electron chi connectivity index (χ3n) is 2.46. The van der Waals surface area contributed by atoms with E-state index in [4.69, 9.17) is 10.5 Å². The Labute approximate surface area is 100 Å². The summed E-state index contributed by atoms with van der Waals surface area (Å²) in [6.07, 6.45) is 0.714. The number of nitrogens with two attached hydrogens (primary N) is 1. The molecule has 0 unspecified atom stereocenters. The number of nitrogens with zero attached hydrogens (tertiary/aromatic N) is 3. The van der Waals surface area contributed by atoms with Gasteiger partial charge in [-0.15, -0.1) is 0 Å². The monoisotopic (exact) mass is 232 g/mol. The van der Waals surface area contributed by atoms with Crippen LogP contribution in [0.2, 0.25) is 0 Å². The highest BCUT2D eigenvalue weighted by atomic mass is 16.5. The van der Waals surface area contributed by atoms with Gasteiger partial charge in [0.25, 0.3) is 0 Å². The van der Waals surface area contributed by atoms with Crippen LogP contribution in [0.15, 0.2) is 24.3 Å². The van der Waals surface area contributed by atoms with Crippen molar-refractivity contribution in [1.29, 1.82) is 0 Å². The van der Waals surface area contributed by atoms with Crippen LogP contribution in [0.1, 0.15) is 11.6 Å². The summed E-state index contributed by atoms with van der Waals surface area (Å²) >= 11 is 0. The van der Waals surface area contributed by atoms with E-state index in [0.29, 0.717) is 24.5 Å². The molecule has 1 aromatic heterocycles. The predicted molar refractivity (Wildman–Crippen MR) is 65.8 cm³/mol. The van der Waals surface area contributed by atoms with E-state index in [0.717, 1.165) is 11.6 Å². The maximum Gasteiger partial charge on any atom is 0.147 e. The summed E-state index contributed by atoms with van der Waals surface area (Å²) in [6, 6.07) is 7.46. The third kappa shape index (κ3) is 2.75. The molecule has 0 radical (unpaired) electrons. The number of ether oxygens (including phenoxy) is 1. The number of hydrogen-bond donors (Lipinski definition) is 1. The molecule has 0 bridgehead atoms. The van der Waals surface area contributed by atoms with E-state index < -0.39 is 0 Å². The van der Waals surface area contributed by atoms with Crippen molar-refractivity contribution in [3.8, 4) is 5.75 Å². The molecule has 90 valence electrons. The Morgan fingerprint density at radius 2 is 2.12 bits per heavy atom. The lowest BCUT2D eigenvalue weighted by Crippen LogP contribution is -2.07. The fraction of sp³-hybridized carbons (Fsp3) is 0.333. The molecule has 5 heteroatoms.